The minimum Gasteiger partial charge on any atom is -0.423 e. The first-order valence-electron chi connectivity index (χ1n) is 8.10. The highest BCUT2D eigenvalue weighted by Gasteiger charge is 2.08. The van der Waals surface area contributed by atoms with E-state index in [1.807, 2.05) is 24.3 Å². The summed E-state index contributed by atoms with van der Waals surface area (Å²) in [7, 11) is 0. The van der Waals surface area contributed by atoms with Crippen LogP contribution in [0, 0.1) is 12.3 Å². The third-order valence-electron chi connectivity index (χ3n) is 3.74. The molecule has 0 radical (unpaired) electrons. The van der Waals surface area contributed by atoms with Gasteiger partial charge < -0.3 is 4.74 Å². The van der Waals surface area contributed by atoms with Crippen LogP contribution in [0.3, 0.4) is 0 Å². The Kier molecular flexibility index (Phi) is 6.44. The second kappa shape index (κ2) is 8.80. The highest BCUT2D eigenvalue weighted by Crippen LogP contribution is 2.15. The molecule has 0 amide bonds. The van der Waals surface area contributed by atoms with Gasteiger partial charge in [0.15, 0.2) is 0 Å². The van der Waals surface area contributed by atoms with E-state index in [-0.39, 0.29) is 5.97 Å². The number of carbonyl (C=O) groups excluding carboxylic acids is 1. The van der Waals surface area contributed by atoms with Gasteiger partial charge in [-0.1, -0.05) is 44.2 Å². The lowest BCUT2D eigenvalue weighted by Gasteiger charge is -2.06. The molecule has 0 unspecified atom stereocenters. The summed E-state index contributed by atoms with van der Waals surface area (Å²) in [6.45, 7) is 2.21. The topological polar surface area (TPSA) is 26.3 Å². The molecule has 118 valence electrons. The highest BCUT2D eigenvalue weighted by atomic mass is 16.5. The molecule has 0 spiro atoms. The fraction of sp³-hybridized carbons (Fsp3) is 0.286. The fourth-order valence-corrected chi connectivity index (χ4v) is 2.35. The predicted octanol–water partition coefficient (Wildman–Crippen LogP) is 5.01. The molecule has 2 nitrogen and oxygen atoms in total. The van der Waals surface area contributed by atoms with Crippen molar-refractivity contribution in [3.63, 3.8) is 0 Å². The smallest absolute Gasteiger partial charge is 0.343 e. The summed E-state index contributed by atoms with van der Waals surface area (Å²) < 4.78 is 5.35. The van der Waals surface area contributed by atoms with Crippen molar-refractivity contribution >= 4 is 5.97 Å². The Hall–Kier alpha value is -2.53. The summed E-state index contributed by atoms with van der Waals surface area (Å²) in [5.74, 6) is 2.68. The van der Waals surface area contributed by atoms with E-state index in [1.165, 1.54) is 31.2 Å². The van der Waals surface area contributed by atoms with E-state index < -0.39 is 0 Å². The molecule has 0 bridgehead atoms. The van der Waals surface area contributed by atoms with Gasteiger partial charge in [0.25, 0.3) is 0 Å². The summed E-state index contributed by atoms with van der Waals surface area (Å²) in [4.78, 5) is 12.1. The number of terminal acetylenes is 1. The Bertz CT molecular complexity index is 660. The summed E-state index contributed by atoms with van der Waals surface area (Å²) >= 11 is 0. The molecular formula is C21H22O2. The maximum Gasteiger partial charge on any atom is 0.343 e. The van der Waals surface area contributed by atoms with Gasteiger partial charge in [-0.2, -0.15) is 0 Å². The molecule has 0 aromatic heterocycles. The van der Waals surface area contributed by atoms with Crippen molar-refractivity contribution in [2.45, 2.75) is 39.0 Å². The van der Waals surface area contributed by atoms with Crippen LogP contribution in [0.15, 0.2) is 48.5 Å². The Morgan fingerprint density at radius 2 is 1.70 bits per heavy atom. The van der Waals surface area contributed by atoms with Crippen molar-refractivity contribution in [3.05, 3.63) is 65.2 Å². The molecule has 0 fully saturated rings. The van der Waals surface area contributed by atoms with Gasteiger partial charge in [-0.05, 0) is 54.8 Å². The van der Waals surface area contributed by atoms with Crippen molar-refractivity contribution in [2.75, 3.05) is 0 Å². The second-order valence-corrected chi connectivity index (χ2v) is 5.57. The fourth-order valence-electron chi connectivity index (χ4n) is 2.35. The summed E-state index contributed by atoms with van der Waals surface area (Å²) in [6, 6.07) is 14.6. The predicted molar refractivity (Wildman–Crippen MR) is 93.6 cm³/mol. The number of hydrogen-bond donors (Lipinski definition) is 0. The third kappa shape index (κ3) is 5.30. The van der Waals surface area contributed by atoms with Crippen molar-refractivity contribution in [1.29, 1.82) is 0 Å². The van der Waals surface area contributed by atoms with Crippen LogP contribution in [0.4, 0.5) is 0 Å². The Morgan fingerprint density at radius 3 is 2.30 bits per heavy atom. The van der Waals surface area contributed by atoms with Crippen LogP contribution in [-0.2, 0) is 6.42 Å². The van der Waals surface area contributed by atoms with E-state index in [1.54, 1.807) is 24.3 Å². The van der Waals surface area contributed by atoms with E-state index in [2.05, 4.69) is 12.8 Å². The zero-order valence-corrected chi connectivity index (χ0v) is 13.5. The maximum absolute atomic E-state index is 12.1. The number of aryl methyl sites for hydroxylation is 1. The Balaban J connectivity index is 1.90. The Labute approximate surface area is 138 Å². The molecule has 2 aromatic rings. The molecule has 0 atom stereocenters. The van der Waals surface area contributed by atoms with Gasteiger partial charge in [-0.25, -0.2) is 4.79 Å². The van der Waals surface area contributed by atoms with Crippen molar-refractivity contribution in [2.24, 2.45) is 0 Å². The Morgan fingerprint density at radius 1 is 1.00 bits per heavy atom. The third-order valence-corrected chi connectivity index (χ3v) is 3.74. The van der Waals surface area contributed by atoms with Crippen LogP contribution in [0.2, 0.25) is 0 Å². The van der Waals surface area contributed by atoms with E-state index >= 15 is 0 Å². The van der Waals surface area contributed by atoms with Crippen LogP contribution in [0.25, 0.3) is 0 Å². The molecule has 0 aliphatic heterocycles. The quantitative estimate of drug-likeness (QED) is 0.311. The molecule has 2 rings (SSSR count). The molecule has 0 saturated carbocycles. The van der Waals surface area contributed by atoms with Crippen LogP contribution < -0.4 is 4.74 Å². The number of ether oxygens (including phenoxy) is 1. The lowest BCUT2D eigenvalue weighted by molar-refractivity contribution is 0.0735. The van der Waals surface area contributed by atoms with Gasteiger partial charge in [0.05, 0.1) is 5.56 Å². The molecule has 0 heterocycles. The first kappa shape index (κ1) is 16.8. The number of hydrogen-bond acceptors (Lipinski definition) is 2. The molecule has 0 aliphatic carbocycles. The zero-order valence-electron chi connectivity index (χ0n) is 13.5. The van der Waals surface area contributed by atoms with Crippen molar-refractivity contribution in [1.82, 2.24) is 0 Å². The summed E-state index contributed by atoms with van der Waals surface area (Å²) in [5.41, 5.74) is 2.58. The standard InChI is InChI=1S/C21H22O2/c1-3-5-6-7-8-18-9-13-19(14-10-18)21(22)23-20-15-11-17(4-2)12-16-20/h2,9-16H,3,5-8H2,1H3. The SMILES string of the molecule is C#Cc1ccc(OC(=O)c2ccc(CCCCCC)cc2)cc1. The largest absolute Gasteiger partial charge is 0.423 e. The molecule has 2 heteroatoms. The maximum atomic E-state index is 12.1. The number of rotatable bonds is 7. The van der Waals surface area contributed by atoms with Crippen LogP contribution >= 0.6 is 0 Å². The monoisotopic (exact) mass is 306 g/mol. The second-order valence-electron chi connectivity index (χ2n) is 5.57. The van der Waals surface area contributed by atoms with Gasteiger partial charge in [0, 0.05) is 5.56 Å². The van der Waals surface area contributed by atoms with E-state index in [0.29, 0.717) is 11.3 Å². The highest BCUT2D eigenvalue weighted by molar-refractivity contribution is 5.91. The molecule has 23 heavy (non-hydrogen) atoms. The van der Waals surface area contributed by atoms with Gasteiger partial charge >= 0.3 is 5.97 Å². The van der Waals surface area contributed by atoms with E-state index in [0.717, 1.165) is 12.0 Å². The van der Waals surface area contributed by atoms with Crippen LogP contribution in [0.1, 0.15) is 54.1 Å². The molecular weight excluding hydrogens is 284 g/mol. The van der Waals surface area contributed by atoms with Gasteiger partial charge in [0.1, 0.15) is 5.75 Å². The first-order chi connectivity index (χ1) is 11.2. The number of benzene rings is 2. The number of unbranched alkanes of at least 4 members (excludes halogenated alkanes) is 3. The normalized spacial score (nSPS) is 10.1. The summed E-state index contributed by atoms with van der Waals surface area (Å²) in [5, 5.41) is 0. The zero-order chi connectivity index (χ0) is 16.5. The number of esters is 1. The van der Waals surface area contributed by atoms with E-state index in [4.69, 9.17) is 11.2 Å². The van der Waals surface area contributed by atoms with E-state index in [9.17, 15) is 4.79 Å². The lowest BCUT2D eigenvalue weighted by Crippen LogP contribution is -2.08. The first-order valence-corrected chi connectivity index (χ1v) is 8.10. The van der Waals surface area contributed by atoms with Crippen LogP contribution in [0.5, 0.6) is 5.75 Å². The molecule has 0 aliphatic rings. The summed E-state index contributed by atoms with van der Waals surface area (Å²) in [6.07, 6.45) is 11.3. The average Bonchev–Trinajstić information content (AvgIpc) is 2.60. The van der Waals surface area contributed by atoms with Crippen molar-refractivity contribution in [3.8, 4) is 18.1 Å². The van der Waals surface area contributed by atoms with Crippen molar-refractivity contribution < 1.29 is 9.53 Å². The van der Waals surface area contributed by atoms with Gasteiger partial charge in [0.2, 0.25) is 0 Å². The lowest BCUT2D eigenvalue weighted by atomic mass is 10.0. The average molecular weight is 306 g/mol. The van der Waals surface area contributed by atoms with Gasteiger partial charge in [-0.15, -0.1) is 6.42 Å². The molecule has 0 N–H and O–H groups in total. The van der Waals surface area contributed by atoms with Crippen LogP contribution in [-0.4, -0.2) is 5.97 Å². The molecule has 0 saturated heterocycles. The number of carbonyl (C=O) groups is 1. The minimum atomic E-state index is -0.351. The molecule has 2 aromatic carbocycles. The van der Waals surface area contributed by atoms with Gasteiger partial charge in [-0.3, -0.25) is 0 Å². The minimum absolute atomic E-state index is 0.351.